The number of carbonyl (C=O) groups excluding carboxylic acids is 1. The maximum atomic E-state index is 12.8. The van der Waals surface area contributed by atoms with Gasteiger partial charge in [-0.25, -0.2) is 13.1 Å². The van der Waals surface area contributed by atoms with Gasteiger partial charge in [0.25, 0.3) is 5.91 Å². The monoisotopic (exact) mass is 445 g/mol. The van der Waals surface area contributed by atoms with Crippen LogP contribution in [0.1, 0.15) is 23.2 Å². The van der Waals surface area contributed by atoms with Crippen LogP contribution in [0, 0.1) is 0 Å². The van der Waals surface area contributed by atoms with E-state index in [-0.39, 0.29) is 28.1 Å². The third kappa shape index (κ3) is 4.46. The van der Waals surface area contributed by atoms with Gasteiger partial charge in [-0.3, -0.25) is 9.78 Å². The summed E-state index contributed by atoms with van der Waals surface area (Å²) in [5, 5.41) is 3.65. The largest absolute Gasteiger partial charge is 0.377 e. The highest BCUT2D eigenvalue weighted by Gasteiger charge is 2.23. The molecule has 3 aromatic rings. The molecule has 0 spiro atoms. The van der Waals surface area contributed by atoms with E-state index in [9.17, 15) is 13.2 Å². The van der Waals surface area contributed by atoms with Gasteiger partial charge in [-0.1, -0.05) is 17.7 Å². The maximum absolute atomic E-state index is 12.8. The van der Waals surface area contributed by atoms with Gasteiger partial charge in [0.15, 0.2) is 0 Å². The molecular weight excluding hydrogens is 426 g/mol. The lowest BCUT2D eigenvalue weighted by molar-refractivity contribution is 0.102. The zero-order valence-electron chi connectivity index (χ0n) is 16.0. The Hall–Kier alpha value is -2.52. The first-order valence-corrected chi connectivity index (χ1v) is 11.4. The first kappa shape index (κ1) is 20.7. The summed E-state index contributed by atoms with van der Waals surface area (Å²) in [6.45, 7) is 0.796. The molecule has 1 aromatic heterocycles. The van der Waals surface area contributed by atoms with Gasteiger partial charge in [0.1, 0.15) is 4.90 Å². The normalized spacial score (nSPS) is 16.6. The quantitative estimate of drug-likeness (QED) is 0.604. The van der Waals surface area contributed by atoms with Crippen molar-refractivity contribution in [2.24, 2.45) is 0 Å². The summed E-state index contributed by atoms with van der Waals surface area (Å²) in [4.78, 5) is 16.9. The lowest BCUT2D eigenvalue weighted by Crippen LogP contribution is -2.32. The predicted octanol–water partition coefficient (Wildman–Crippen LogP) is 3.60. The van der Waals surface area contributed by atoms with Gasteiger partial charge in [-0.15, -0.1) is 0 Å². The maximum Gasteiger partial charge on any atom is 0.255 e. The second-order valence-electron chi connectivity index (χ2n) is 6.96. The number of hydrogen-bond acceptors (Lipinski definition) is 5. The van der Waals surface area contributed by atoms with Crippen molar-refractivity contribution in [1.82, 2.24) is 9.71 Å². The molecule has 1 aliphatic rings. The number of nitrogens with one attached hydrogen (secondary N) is 2. The Kier molecular flexibility index (Phi) is 6.01. The molecule has 2 aromatic carbocycles. The third-order valence-corrected chi connectivity index (χ3v) is 6.81. The number of aromatic nitrogens is 1. The Bertz CT molecular complexity index is 1190. The first-order valence-electron chi connectivity index (χ1n) is 9.50. The number of hydrogen-bond donors (Lipinski definition) is 2. The Balaban J connectivity index is 1.56. The second-order valence-corrected chi connectivity index (χ2v) is 9.10. The van der Waals surface area contributed by atoms with E-state index in [4.69, 9.17) is 16.3 Å². The Labute approximate surface area is 179 Å². The standard InChI is InChI=1S/C21H20ClN3O4S/c22-17-9-8-14(12-20(17)30(27,28)24-13-15-4-3-11-29-15)21(26)25-19-7-1-6-18-16(19)5-2-10-23-18/h1-2,5-10,12,15,24H,3-4,11,13H2,(H,25,26)/t15-/m0/s1. The van der Waals surface area contributed by atoms with E-state index < -0.39 is 15.9 Å². The molecule has 0 unspecified atom stereocenters. The van der Waals surface area contributed by atoms with Crippen LogP contribution in [-0.4, -0.2) is 38.6 Å². The number of fused-ring (bicyclic) bond motifs is 1. The molecule has 2 N–H and O–H groups in total. The lowest BCUT2D eigenvalue weighted by atomic mass is 10.1. The van der Waals surface area contributed by atoms with Crippen molar-refractivity contribution >= 4 is 44.1 Å². The molecule has 0 aliphatic carbocycles. The van der Waals surface area contributed by atoms with E-state index >= 15 is 0 Å². The van der Waals surface area contributed by atoms with Crippen molar-refractivity contribution in [3.63, 3.8) is 0 Å². The minimum atomic E-state index is -3.89. The van der Waals surface area contributed by atoms with Crippen molar-refractivity contribution in [3.8, 4) is 0 Å². The van der Waals surface area contributed by atoms with Crippen molar-refractivity contribution in [2.45, 2.75) is 23.8 Å². The summed E-state index contributed by atoms with van der Waals surface area (Å²) < 4.78 is 33.4. The van der Waals surface area contributed by atoms with Crippen LogP contribution in [0.15, 0.2) is 59.6 Å². The molecule has 0 radical (unpaired) electrons. The molecule has 9 heteroatoms. The molecule has 156 valence electrons. The van der Waals surface area contributed by atoms with Crippen molar-refractivity contribution in [2.75, 3.05) is 18.5 Å². The van der Waals surface area contributed by atoms with Crippen LogP contribution < -0.4 is 10.0 Å². The summed E-state index contributed by atoms with van der Waals surface area (Å²) in [5.41, 5.74) is 1.51. The summed E-state index contributed by atoms with van der Waals surface area (Å²) in [6, 6.07) is 13.2. The van der Waals surface area contributed by atoms with E-state index in [1.807, 2.05) is 12.1 Å². The molecule has 1 fully saturated rings. The van der Waals surface area contributed by atoms with E-state index in [2.05, 4.69) is 15.0 Å². The molecule has 30 heavy (non-hydrogen) atoms. The summed E-state index contributed by atoms with van der Waals surface area (Å²) in [7, 11) is -3.89. The van der Waals surface area contributed by atoms with Crippen LogP contribution in [-0.2, 0) is 14.8 Å². The number of ether oxygens (including phenoxy) is 1. The third-order valence-electron chi connectivity index (χ3n) is 4.90. The summed E-state index contributed by atoms with van der Waals surface area (Å²) in [6.07, 6.45) is 3.24. The first-order chi connectivity index (χ1) is 14.4. The van der Waals surface area contributed by atoms with E-state index in [1.54, 1.807) is 24.4 Å². The molecule has 7 nitrogen and oxygen atoms in total. The van der Waals surface area contributed by atoms with Crippen molar-refractivity contribution < 1.29 is 17.9 Å². The van der Waals surface area contributed by atoms with Crippen LogP contribution in [0.5, 0.6) is 0 Å². The Morgan fingerprint density at radius 1 is 1.20 bits per heavy atom. The zero-order chi connectivity index (χ0) is 21.1. The predicted molar refractivity (Wildman–Crippen MR) is 115 cm³/mol. The fraction of sp³-hybridized carbons (Fsp3) is 0.238. The molecule has 4 rings (SSSR count). The summed E-state index contributed by atoms with van der Waals surface area (Å²) >= 11 is 6.13. The van der Waals surface area contributed by atoms with Crippen LogP contribution in [0.4, 0.5) is 5.69 Å². The molecule has 2 heterocycles. The lowest BCUT2D eigenvalue weighted by Gasteiger charge is -2.13. The van der Waals surface area contributed by atoms with Gasteiger partial charge in [0.05, 0.1) is 22.3 Å². The average molecular weight is 446 g/mol. The second kappa shape index (κ2) is 8.69. The van der Waals surface area contributed by atoms with Gasteiger partial charge < -0.3 is 10.1 Å². The van der Waals surface area contributed by atoms with Gasteiger partial charge in [0.2, 0.25) is 10.0 Å². The minimum absolute atomic E-state index is 0.0424. The van der Waals surface area contributed by atoms with E-state index in [0.29, 0.717) is 12.3 Å². The number of carbonyl (C=O) groups is 1. The molecule has 0 bridgehead atoms. The topological polar surface area (TPSA) is 97.4 Å². The Morgan fingerprint density at radius 2 is 2.07 bits per heavy atom. The highest BCUT2D eigenvalue weighted by Crippen LogP contribution is 2.25. The number of sulfonamides is 1. The summed E-state index contributed by atoms with van der Waals surface area (Å²) in [5.74, 6) is -0.446. The highest BCUT2D eigenvalue weighted by atomic mass is 35.5. The zero-order valence-corrected chi connectivity index (χ0v) is 17.5. The highest BCUT2D eigenvalue weighted by molar-refractivity contribution is 7.89. The van der Waals surface area contributed by atoms with E-state index in [1.165, 1.54) is 18.2 Å². The SMILES string of the molecule is O=C(Nc1cccc2ncccc12)c1ccc(Cl)c(S(=O)(=O)NC[C@@H]2CCCO2)c1. The fourth-order valence-electron chi connectivity index (χ4n) is 3.34. The van der Waals surface area contributed by atoms with Crippen LogP contribution in [0.25, 0.3) is 10.9 Å². The molecular formula is C21H20ClN3O4S. The van der Waals surface area contributed by atoms with Crippen LogP contribution in [0.2, 0.25) is 5.02 Å². The van der Waals surface area contributed by atoms with Gasteiger partial charge in [-0.2, -0.15) is 0 Å². The number of anilines is 1. The van der Waals surface area contributed by atoms with Crippen LogP contribution >= 0.6 is 11.6 Å². The Morgan fingerprint density at radius 3 is 2.87 bits per heavy atom. The number of pyridine rings is 1. The number of amides is 1. The molecule has 1 aliphatic heterocycles. The number of halogens is 1. The average Bonchev–Trinajstić information content (AvgIpc) is 3.26. The molecule has 1 atom stereocenters. The molecule has 1 amide bonds. The fourth-order valence-corrected chi connectivity index (χ4v) is 4.93. The number of nitrogens with zero attached hydrogens (tertiary/aromatic N) is 1. The smallest absolute Gasteiger partial charge is 0.255 e. The number of benzene rings is 2. The number of rotatable bonds is 6. The minimum Gasteiger partial charge on any atom is -0.377 e. The van der Waals surface area contributed by atoms with Crippen molar-refractivity contribution in [1.29, 1.82) is 0 Å². The van der Waals surface area contributed by atoms with Crippen LogP contribution in [0.3, 0.4) is 0 Å². The van der Waals surface area contributed by atoms with Gasteiger partial charge >= 0.3 is 0 Å². The van der Waals surface area contributed by atoms with E-state index in [0.717, 1.165) is 23.7 Å². The molecule has 0 saturated carbocycles. The van der Waals surface area contributed by atoms with Gasteiger partial charge in [-0.05, 0) is 55.3 Å². The molecule has 1 saturated heterocycles. The van der Waals surface area contributed by atoms with Crippen molar-refractivity contribution in [3.05, 3.63) is 65.3 Å². The van der Waals surface area contributed by atoms with Gasteiger partial charge in [0, 0.05) is 30.3 Å².